The summed E-state index contributed by atoms with van der Waals surface area (Å²) in [5.74, 6) is 0. The summed E-state index contributed by atoms with van der Waals surface area (Å²) in [6.45, 7) is 4.03. The molecule has 1 amide bonds. The molecule has 148 valence electrons. The Morgan fingerprint density at radius 1 is 1.18 bits per heavy atom. The second-order valence-corrected chi connectivity index (χ2v) is 9.02. The number of aliphatic hydroxyl groups excluding tert-OH is 1. The SMILES string of the molecule is CC(CO)N(C=O)c1cc2c(s1)CCc1ccccc1C2=C1CCN(C)CC1. The van der Waals surface area contributed by atoms with E-state index in [0.29, 0.717) is 0 Å². The number of amides is 1. The lowest BCUT2D eigenvalue weighted by atomic mass is 9.87. The van der Waals surface area contributed by atoms with Crippen LogP contribution in [0.1, 0.15) is 41.3 Å². The maximum Gasteiger partial charge on any atom is 0.215 e. The van der Waals surface area contributed by atoms with Crippen LogP contribution in [0.3, 0.4) is 0 Å². The molecular formula is C23H28N2O2S. The molecule has 1 aliphatic carbocycles. The number of aryl methyl sites for hydroxylation is 2. The van der Waals surface area contributed by atoms with Crippen molar-refractivity contribution in [3.63, 3.8) is 0 Å². The van der Waals surface area contributed by atoms with Gasteiger partial charge in [0.1, 0.15) is 0 Å². The summed E-state index contributed by atoms with van der Waals surface area (Å²) in [7, 11) is 2.19. The van der Waals surface area contributed by atoms with E-state index in [0.717, 1.165) is 50.2 Å². The predicted molar refractivity (Wildman–Crippen MR) is 116 cm³/mol. The first-order valence-electron chi connectivity index (χ1n) is 10.1. The van der Waals surface area contributed by atoms with Crippen molar-refractivity contribution >= 4 is 28.3 Å². The second-order valence-electron chi connectivity index (χ2n) is 7.90. The van der Waals surface area contributed by atoms with E-state index in [2.05, 4.69) is 42.3 Å². The van der Waals surface area contributed by atoms with Crippen LogP contribution in [-0.4, -0.2) is 49.2 Å². The first kappa shape index (κ1) is 19.4. The quantitative estimate of drug-likeness (QED) is 0.801. The molecule has 0 bridgehead atoms. The van der Waals surface area contributed by atoms with Crippen LogP contribution in [-0.2, 0) is 17.6 Å². The molecule has 2 heterocycles. The molecular weight excluding hydrogens is 368 g/mol. The highest BCUT2D eigenvalue weighted by Gasteiger charge is 2.27. The highest BCUT2D eigenvalue weighted by Crippen LogP contribution is 2.44. The Hall–Kier alpha value is -1.95. The summed E-state index contributed by atoms with van der Waals surface area (Å²) in [5.41, 5.74) is 7.00. The number of carbonyl (C=O) groups excluding carboxylic acids is 1. The number of aliphatic hydroxyl groups is 1. The van der Waals surface area contributed by atoms with Crippen molar-refractivity contribution in [3.05, 3.63) is 57.5 Å². The van der Waals surface area contributed by atoms with Crippen molar-refractivity contribution in [1.29, 1.82) is 0 Å². The first-order valence-corrected chi connectivity index (χ1v) is 10.9. The first-order chi connectivity index (χ1) is 13.6. The molecule has 1 unspecified atom stereocenters. The van der Waals surface area contributed by atoms with Crippen LogP contribution < -0.4 is 4.90 Å². The van der Waals surface area contributed by atoms with Crippen molar-refractivity contribution in [3.8, 4) is 0 Å². The summed E-state index contributed by atoms with van der Waals surface area (Å²) < 4.78 is 0. The Balaban J connectivity index is 1.86. The molecule has 2 aromatic rings. The van der Waals surface area contributed by atoms with Gasteiger partial charge in [-0.3, -0.25) is 4.79 Å². The van der Waals surface area contributed by atoms with E-state index in [9.17, 15) is 9.90 Å². The molecule has 2 aliphatic rings. The Morgan fingerprint density at radius 3 is 2.64 bits per heavy atom. The zero-order chi connectivity index (χ0) is 19.7. The van der Waals surface area contributed by atoms with Gasteiger partial charge in [-0.2, -0.15) is 0 Å². The van der Waals surface area contributed by atoms with Gasteiger partial charge in [-0.1, -0.05) is 29.8 Å². The zero-order valence-electron chi connectivity index (χ0n) is 16.6. The van der Waals surface area contributed by atoms with E-state index in [4.69, 9.17) is 0 Å². The van der Waals surface area contributed by atoms with Crippen LogP contribution >= 0.6 is 11.3 Å². The van der Waals surface area contributed by atoms with E-state index >= 15 is 0 Å². The number of thiophene rings is 1. The Bertz CT molecular complexity index is 892. The topological polar surface area (TPSA) is 43.8 Å². The van der Waals surface area contributed by atoms with E-state index in [-0.39, 0.29) is 12.6 Å². The van der Waals surface area contributed by atoms with E-state index in [1.54, 1.807) is 16.2 Å². The van der Waals surface area contributed by atoms with Gasteiger partial charge in [0.2, 0.25) is 6.41 Å². The summed E-state index contributed by atoms with van der Waals surface area (Å²) in [5, 5.41) is 10.5. The summed E-state index contributed by atoms with van der Waals surface area (Å²) >= 11 is 1.70. The number of fused-ring (bicyclic) bond motifs is 2. The van der Waals surface area contributed by atoms with Gasteiger partial charge in [0.05, 0.1) is 17.6 Å². The lowest BCUT2D eigenvalue weighted by Gasteiger charge is -2.27. The molecule has 1 aromatic heterocycles. The molecule has 0 saturated carbocycles. The van der Waals surface area contributed by atoms with Gasteiger partial charge >= 0.3 is 0 Å². The number of carbonyl (C=O) groups is 1. The van der Waals surface area contributed by atoms with Crippen molar-refractivity contribution < 1.29 is 9.90 Å². The zero-order valence-corrected chi connectivity index (χ0v) is 17.5. The standard InChI is InChI=1S/C23H28N2O2S/c1-16(14-26)25(15-27)22-13-20-21(28-22)8-7-17-5-3-4-6-19(17)23(20)18-9-11-24(2)12-10-18/h3-6,13,15-16,26H,7-12,14H2,1-2H3. The average molecular weight is 397 g/mol. The molecule has 1 fully saturated rings. The number of benzene rings is 1. The minimum absolute atomic E-state index is 0.0373. The third-order valence-corrected chi connectivity index (χ3v) is 7.23. The van der Waals surface area contributed by atoms with Gasteiger partial charge < -0.3 is 14.9 Å². The van der Waals surface area contributed by atoms with Crippen molar-refractivity contribution in [2.75, 3.05) is 31.6 Å². The van der Waals surface area contributed by atoms with E-state index in [1.165, 1.54) is 32.7 Å². The molecule has 0 spiro atoms. The molecule has 1 aromatic carbocycles. The monoisotopic (exact) mass is 396 g/mol. The van der Waals surface area contributed by atoms with Crippen LogP contribution in [0.25, 0.3) is 5.57 Å². The summed E-state index contributed by atoms with van der Waals surface area (Å²) in [6, 6.07) is 10.8. The fourth-order valence-corrected chi connectivity index (χ4v) is 5.53. The van der Waals surface area contributed by atoms with Crippen LogP contribution in [0.15, 0.2) is 35.9 Å². The van der Waals surface area contributed by atoms with Crippen molar-refractivity contribution in [2.45, 2.75) is 38.6 Å². The highest BCUT2D eigenvalue weighted by molar-refractivity contribution is 7.16. The number of hydrogen-bond acceptors (Lipinski definition) is 4. The van der Waals surface area contributed by atoms with E-state index < -0.39 is 0 Å². The Morgan fingerprint density at radius 2 is 1.93 bits per heavy atom. The Kier molecular flexibility index (Phi) is 5.67. The average Bonchev–Trinajstić information content (AvgIpc) is 3.06. The minimum atomic E-state index is -0.216. The normalized spacial score (nSPS) is 18.2. The van der Waals surface area contributed by atoms with Gasteiger partial charge in [-0.05, 0) is 68.0 Å². The predicted octanol–water partition coefficient (Wildman–Crippen LogP) is 3.72. The number of hydrogen-bond donors (Lipinski definition) is 1. The smallest absolute Gasteiger partial charge is 0.215 e. The molecule has 1 N–H and O–H groups in total. The van der Waals surface area contributed by atoms with Crippen LogP contribution in [0.4, 0.5) is 5.00 Å². The number of rotatable bonds is 4. The molecule has 4 rings (SSSR count). The van der Waals surface area contributed by atoms with E-state index in [1.807, 2.05) is 6.92 Å². The second kappa shape index (κ2) is 8.19. The lowest BCUT2D eigenvalue weighted by molar-refractivity contribution is -0.108. The van der Waals surface area contributed by atoms with Crippen LogP contribution in [0.2, 0.25) is 0 Å². The number of anilines is 1. The minimum Gasteiger partial charge on any atom is -0.394 e. The fourth-order valence-electron chi connectivity index (χ4n) is 4.30. The van der Waals surface area contributed by atoms with Crippen molar-refractivity contribution in [1.82, 2.24) is 4.90 Å². The lowest BCUT2D eigenvalue weighted by Crippen LogP contribution is -2.33. The third-order valence-electron chi connectivity index (χ3n) is 6.02. The molecule has 28 heavy (non-hydrogen) atoms. The van der Waals surface area contributed by atoms with Crippen molar-refractivity contribution in [2.24, 2.45) is 0 Å². The van der Waals surface area contributed by atoms with Gasteiger partial charge in [-0.25, -0.2) is 0 Å². The largest absolute Gasteiger partial charge is 0.394 e. The molecule has 1 aliphatic heterocycles. The highest BCUT2D eigenvalue weighted by atomic mass is 32.1. The van der Waals surface area contributed by atoms with Gasteiger partial charge in [-0.15, -0.1) is 11.3 Å². The molecule has 4 nitrogen and oxygen atoms in total. The van der Waals surface area contributed by atoms with Gasteiger partial charge in [0.25, 0.3) is 0 Å². The summed E-state index contributed by atoms with van der Waals surface area (Å²) in [6.07, 6.45) is 5.05. The third kappa shape index (κ3) is 3.54. The molecule has 1 atom stereocenters. The number of nitrogens with zero attached hydrogens (tertiary/aromatic N) is 2. The fraction of sp³-hybridized carbons (Fsp3) is 0.435. The maximum absolute atomic E-state index is 11.7. The van der Waals surface area contributed by atoms with Crippen LogP contribution in [0, 0.1) is 0 Å². The molecule has 5 heteroatoms. The van der Waals surface area contributed by atoms with Gasteiger partial charge in [0.15, 0.2) is 0 Å². The van der Waals surface area contributed by atoms with Gasteiger partial charge in [0, 0.05) is 18.0 Å². The molecule has 1 saturated heterocycles. The summed E-state index contributed by atoms with van der Waals surface area (Å²) in [4.78, 5) is 17.1. The van der Waals surface area contributed by atoms with Crippen LogP contribution in [0.5, 0.6) is 0 Å². The number of likely N-dealkylation sites (tertiary alicyclic amines) is 1. The Labute approximate surface area is 171 Å². The molecule has 0 radical (unpaired) electrons. The maximum atomic E-state index is 11.7. The number of piperidine rings is 1.